The molecule has 130 valence electrons. The molecule has 0 radical (unpaired) electrons. The summed E-state index contributed by atoms with van der Waals surface area (Å²) in [4.78, 5) is 26.8. The molecule has 25 heavy (non-hydrogen) atoms. The maximum atomic E-state index is 12.5. The van der Waals surface area contributed by atoms with Crippen LogP contribution in [0.2, 0.25) is 5.02 Å². The highest BCUT2D eigenvalue weighted by Crippen LogP contribution is 2.24. The fourth-order valence-electron chi connectivity index (χ4n) is 2.94. The van der Waals surface area contributed by atoms with Gasteiger partial charge >= 0.3 is 6.03 Å². The van der Waals surface area contributed by atoms with Crippen molar-refractivity contribution in [3.05, 3.63) is 59.1 Å². The molecule has 1 aliphatic heterocycles. The third-order valence-corrected chi connectivity index (χ3v) is 4.43. The fourth-order valence-corrected chi connectivity index (χ4v) is 3.07. The third kappa shape index (κ3) is 4.51. The summed E-state index contributed by atoms with van der Waals surface area (Å²) in [6.07, 6.45) is 3.45. The number of rotatable bonds is 3. The second kappa shape index (κ2) is 8.03. The number of halogens is 1. The van der Waals surface area contributed by atoms with Gasteiger partial charge in [-0.3, -0.25) is 10.1 Å². The summed E-state index contributed by atoms with van der Waals surface area (Å²) in [5.74, 6) is -0.410. The van der Waals surface area contributed by atoms with Crippen LogP contribution in [0.1, 0.15) is 29.6 Å². The van der Waals surface area contributed by atoms with Crippen LogP contribution in [0.3, 0.4) is 0 Å². The molecule has 0 bridgehead atoms. The number of urea groups is 1. The van der Waals surface area contributed by atoms with Gasteiger partial charge in [0, 0.05) is 29.5 Å². The zero-order valence-electron chi connectivity index (χ0n) is 13.8. The summed E-state index contributed by atoms with van der Waals surface area (Å²) in [6.45, 7) is 1.86. The molecule has 0 aliphatic carbocycles. The van der Waals surface area contributed by atoms with Crippen molar-refractivity contribution in [1.82, 2.24) is 5.32 Å². The molecule has 6 heteroatoms. The van der Waals surface area contributed by atoms with Gasteiger partial charge in [0.2, 0.25) is 0 Å². The molecule has 0 atom stereocenters. The third-order valence-electron chi connectivity index (χ3n) is 4.17. The Kier molecular flexibility index (Phi) is 5.56. The summed E-state index contributed by atoms with van der Waals surface area (Å²) < 4.78 is 0. The van der Waals surface area contributed by atoms with E-state index in [1.54, 1.807) is 36.4 Å². The second-order valence-corrected chi connectivity index (χ2v) is 6.42. The van der Waals surface area contributed by atoms with Crippen LogP contribution in [-0.2, 0) is 0 Å². The molecule has 0 aromatic heterocycles. The van der Waals surface area contributed by atoms with E-state index in [-0.39, 0.29) is 0 Å². The molecule has 5 nitrogen and oxygen atoms in total. The number of piperidine rings is 1. The lowest BCUT2D eigenvalue weighted by Crippen LogP contribution is -2.36. The van der Waals surface area contributed by atoms with Gasteiger partial charge in [0.1, 0.15) is 0 Å². The Morgan fingerprint density at radius 1 is 0.920 bits per heavy atom. The highest BCUT2D eigenvalue weighted by molar-refractivity contribution is 6.30. The van der Waals surface area contributed by atoms with E-state index in [2.05, 4.69) is 15.5 Å². The van der Waals surface area contributed by atoms with Crippen molar-refractivity contribution in [2.24, 2.45) is 0 Å². The number of imide groups is 1. The predicted molar refractivity (Wildman–Crippen MR) is 100 cm³/mol. The minimum atomic E-state index is -0.569. The van der Waals surface area contributed by atoms with Crippen molar-refractivity contribution in [1.29, 1.82) is 0 Å². The van der Waals surface area contributed by atoms with Gasteiger partial charge in [0.05, 0.1) is 5.56 Å². The number of hydrogen-bond donors (Lipinski definition) is 2. The van der Waals surface area contributed by atoms with E-state index in [4.69, 9.17) is 11.6 Å². The largest absolute Gasteiger partial charge is 0.371 e. The molecule has 1 aliphatic rings. The normalized spacial score (nSPS) is 14.0. The number of anilines is 2. The molecule has 1 saturated heterocycles. The lowest BCUT2D eigenvalue weighted by atomic mass is 10.1. The average molecular weight is 358 g/mol. The Balaban J connectivity index is 1.68. The number of carbonyl (C=O) groups excluding carboxylic acids is 2. The quantitative estimate of drug-likeness (QED) is 0.861. The Morgan fingerprint density at radius 3 is 2.32 bits per heavy atom. The average Bonchev–Trinajstić information content (AvgIpc) is 2.64. The highest BCUT2D eigenvalue weighted by Gasteiger charge is 2.19. The van der Waals surface area contributed by atoms with Gasteiger partial charge in [-0.25, -0.2) is 4.79 Å². The molecule has 3 amide bonds. The first-order valence-electron chi connectivity index (χ1n) is 8.35. The van der Waals surface area contributed by atoms with Crippen LogP contribution in [0.4, 0.5) is 16.2 Å². The maximum absolute atomic E-state index is 12.5. The van der Waals surface area contributed by atoms with E-state index in [0.29, 0.717) is 16.3 Å². The first-order chi connectivity index (χ1) is 12.1. The summed E-state index contributed by atoms with van der Waals surface area (Å²) >= 11 is 5.82. The Bertz CT molecular complexity index is 756. The van der Waals surface area contributed by atoms with E-state index in [9.17, 15) is 9.59 Å². The summed E-state index contributed by atoms with van der Waals surface area (Å²) in [7, 11) is 0. The van der Waals surface area contributed by atoms with Crippen molar-refractivity contribution in [3.63, 3.8) is 0 Å². The van der Waals surface area contributed by atoms with Crippen molar-refractivity contribution < 1.29 is 9.59 Å². The SMILES string of the molecule is O=C(NC(=O)c1ccccc1N1CCCCC1)Nc1ccc(Cl)cc1. The van der Waals surface area contributed by atoms with Gasteiger partial charge in [-0.2, -0.15) is 0 Å². The molecular weight excluding hydrogens is 338 g/mol. The standard InChI is InChI=1S/C19H20ClN3O2/c20-14-8-10-15(11-9-14)21-19(25)22-18(24)16-6-2-3-7-17(16)23-12-4-1-5-13-23/h2-3,6-11H,1,4-5,12-13H2,(H2,21,22,24,25). The number of hydrogen-bond acceptors (Lipinski definition) is 3. The Labute approximate surface area is 152 Å². The molecular formula is C19H20ClN3O2. The zero-order chi connectivity index (χ0) is 17.6. The van der Waals surface area contributed by atoms with E-state index < -0.39 is 11.9 Å². The van der Waals surface area contributed by atoms with Crippen LogP contribution in [0.5, 0.6) is 0 Å². The predicted octanol–water partition coefficient (Wildman–Crippen LogP) is 4.29. The highest BCUT2D eigenvalue weighted by atomic mass is 35.5. The van der Waals surface area contributed by atoms with Gasteiger partial charge in [-0.1, -0.05) is 23.7 Å². The summed E-state index contributed by atoms with van der Waals surface area (Å²) in [6, 6.07) is 13.5. The van der Waals surface area contributed by atoms with E-state index in [0.717, 1.165) is 31.6 Å². The smallest absolute Gasteiger partial charge is 0.326 e. The first kappa shape index (κ1) is 17.3. The molecule has 0 unspecified atom stereocenters. The van der Waals surface area contributed by atoms with Crippen LogP contribution in [0, 0.1) is 0 Å². The number of amides is 3. The molecule has 0 saturated carbocycles. The van der Waals surface area contributed by atoms with E-state index in [1.807, 2.05) is 12.1 Å². The summed E-state index contributed by atoms with van der Waals surface area (Å²) in [5, 5.41) is 5.60. The molecule has 3 rings (SSSR count). The van der Waals surface area contributed by atoms with Gasteiger partial charge in [0.25, 0.3) is 5.91 Å². The number of para-hydroxylation sites is 1. The number of carbonyl (C=O) groups is 2. The minimum absolute atomic E-state index is 0.410. The van der Waals surface area contributed by atoms with Gasteiger partial charge < -0.3 is 10.2 Å². The van der Waals surface area contributed by atoms with Crippen LogP contribution in [-0.4, -0.2) is 25.0 Å². The molecule has 0 spiro atoms. The van der Waals surface area contributed by atoms with Crippen LogP contribution >= 0.6 is 11.6 Å². The number of nitrogens with zero attached hydrogens (tertiary/aromatic N) is 1. The molecule has 2 aromatic rings. The van der Waals surface area contributed by atoms with Crippen molar-refractivity contribution >= 4 is 34.9 Å². The van der Waals surface area contributed by atoms with Crippen molar-refractivity contribution in [2.45, 2.75) is 19.3 Å². The van der Waals surface area contributed by atoms with E-state index >= 15 is 0 Å². The monoisotopic (exact) mass is 357 g/mol. The Morgan fingerprint density at radius 2 is 1.60 bits per heavy atom. The number of benzene rings is 2. The Hall–Kier alpha value is -2.53. The van der Waals surface area contributed by atoms with Crippen LogP contribution in [0.15, 0.2) is 48.5 Å². The topological polar surface area (TPSA) is 61.4 Å². The van der Waals surface area contributed by atoms with Gasteiger partial charge in [-0.15, -0.1) is 0 Å². The van der Waals surface area contributed by atoms with Gasteiger partial charge in [0.15, 0.2) is 0 Å². The number of nitrogens with one attached hydrogen (secondary N) is 2. The van der Waals surface area contributed by atoms with Crippen LogP contribution in [0.25, 0.3) is 0 Å². The zero-order valence-corrected chi connectivity index (χ0v) is 14.6. The molecule has 1 fully saturated rings. The van der Waals surface area contributed by atoms with Crippen molar-refractivity contribution in [3.8, 4) is 0 Å². The molecule has 1 heterocycles. The van der Waals surface area contributed by atoms with E-state index in [1.165, 1.54) is 6.42 Å². The fraction of sp³-hybridized carbons (Fsp3) is 0.263. The lowest BCUT2D eigenvalue weighted by molar-refractivity contribution is 0.0967. The summed E-state index contributed by atoms with van der Waals surface area (Å²) in [5.41, 5.74) is 1.95. The first-order valence-corrected chi connectivity index (χ1v) is 8.73. The second-order valence-electron chi connectivity index (χ2n) is 5.98. The molecule has 2 N–H and O–H groups in total. The van der Waals surface area contributed by atoms with Crippen LogP contribution < -0.4 is 15.5 Å². The maximum Gasteiger partial charge on any atom is 0.326 e. The molecule has 2 aromatic carbocycles. The van der Waals surface area contributed by atoms with Crippen molar-refractivity contribution in [2.75, 3.05) is 23.3 Å². The van der Waals surface area contributed by atoms with Gasteiger partial charge in [-0.05, 0) is 55.7 Å². The lowest BCUT2D eigenvalue weighted by Gasteiger charge is -2.30. The minimum Gasteiger partial charge on any atom is -0.371 e.